The third-order valence-electron chi connectivity index (χ3n) is 7.16. The van der Waals surface area contributed by atoms with Gasteiger partial charge >= 0.3 is 11.9 Å². The standard InChI is InChI=1S/C34H33N3O6/c1-23-9-13-26(14-10-23)32(38)40-22-29-31(43-33(39)27-15-11-24(2)12-16-27)34(3,41-21-25-7-5-4-6-8-25)30(42-29)28(19-36)20-37-18-17-35/h4-16,20,29-31,37H,18,21-22H2,1-3H3/b28-20+/t29?,30-,31+,34-/m0/s1. The Morgan fingerprint density at radius 1 is 0.930 bits per heavy atom. The number of nitrogens with zero attached hydrogens (tertiary/aromatic N) is 2. The fourth-order valence-electron chi connectivity index (χ4n) is 4.75. The van der Waals surface area contributed by atoms with Crippen LogP contribution in [0.3, 0.4) is 0 Å². The van der Waals surface area contributed by atoms with E-state index < -0.39 is 35.9 Å². The first kappa shape index (κ1) is 31.0. The van der Waals surface area contributed by atoms with Crippen molar-refractivity contribution in [2.45, 2.75) is 51.3 Å². The first-order valence-corrected chi connectivity index (χ1v) is 13.8. The van der Waals surface area contributed by atoms with Gasteiger partial charge in [-0.15, -0.1) is 0 Å². The summed E-state index contributed by atoms with van der Waals surface area (Å²) in [6.07, 6.45) is -1.72. The van der Waals surface area contributed by atoms with Crippen LogP contribution in [0, 0.1) is 36.5 Å². The van der Waals surface area contributed by atoms with Crippen LogP contribution in [-0.2, 0) is 25.6 Å². The Morgan fingerprint density at radius 2 is 1.53 bits per heavy atom. The second kappa shape index (κ2) is 14.3. The predicted octanol–water partition coefficient (Wildman–Crippen LogP) is 4.95. The molecule has 0 aromatic heterocycles. The molecule has 3 aromatic carbocycles. The fraction of sp³-hybridized carbons (Fsp3) is 0.294. The topological polar surface area (TPSA) is 131 Å². The lowest BCUT2D eigenvalue weighted by Crippen LogP contribution is -2.51. The average molecular weight is 580 g/mol. The van der Waals surface area contributed by atoms with Crippen molar-refractivity contribution in [1.29, 1.82) is 10.5 Å². The molecule has 0 saturated carbocycles. The maximum atomic E-state index is 13.4. The lowest BCUT2D eigenvalue weighted by atomic mass is 9.88. The van der Waals surface area contributed by atoms with E-state index in [1.807, 2.05) is 50.2 Å². The molecule has 4 atom stereocenters. The van der Waals surface area contributed by atoms with Gasteiger partial charge in [-0.1, -0.05) is 65.7 Å². The summed E-state index contributed by atoms with van der Waals surface area (Å²) in [5, 5.41) is 21.8. The lowest BCUT2D eigenvalue weighted by molar-refractivity contribution is -0.119. The van der Waals surface area contributed by atoms with Crippen LogP contribution in [-0.4, -0.2) is 49.0 Å². The average Bonchev–Trinajstić information content (AvgIpc) is 3.29. The Bertz CT molecular complexity index is 1520. The Labute approximate surface area is 251 Å². The number of nitriles is 2. The minimum Gasteiger partial charge on any atom is -0.459 e. The molecule has 3 aromatic rings. The molecule has 0 radical (unpaired) electrons. The molecular formula is C34H33N3O6. The quantitative estimate of drug-likeness (QED) is 0.145. The highest BCUT2D eigenvalue weighted by Crippen LogP contribution is 2.41. The maximum Gasteiger partial charge on any atom is 0.338 e. The van der Waals surface area contributed by atoms with Gasteiger partial charge in [0.2, 0.25) is 0 Å². The minimum absolute atomic E-state index is 0.0388. The summed E-state index contributed by atoms with van der Waals surface area (Å²) in [5.41, 5.74) is 2.23. The van der Waals surface area contributed by atoms with Gasteiger partial charge in [0.25, 0.3) is 0 Å². The van der Waals surface area contributed by atoms with Crippen molar-refractivity contribution in [3.05, 3.63) is 118 Å². The third-order valence-corrected chi connectivity index (χ3v) is 7.16. The number of carbonyl (C=O) groups is 2. The van der Waals surface area contributed by atoms with E-state index in [0.717, 1.165) is 16.7 Å². The summed E-state index contributed by atoms with van der Waals surface area (Å²) >= 11 is 0. The number of benzene rings is 3. The van der Waals surface area contributed by atoms with Crippen molar-refractivity contribution in [2.75, 3.05) is 13.2 Å². The zero-order valence-electron chi connectivity index (χ0n) is 24.3. The van der Waals surface area contributed by atoms with Gasteiger partial charge in [-0.3, -0.25) is 0 Å². The molecule has 1 unspecified atom stereocenters. The summed E-state index contributed by atoms with van der Waals surface area (Å²) in [7, 11) is 0. The van der Waals surface area contributed by atoms with Gasteiger partial charge in [0, 0.05) is 6.20 Å². The Kier molecular flexibility index (Phi) is 10.3. The summed E-state index contributed by atoms with van der Waals surface area (Å²) in [5.74, 6) is -1.20. The molecule has 1 fully saturated rings. The molecule has 0 bridgehead atoms. The van der Waals surface area contributed by atoms with Gasteiger partial charge in [0.1, 0.15) is 31.0 Å². The second-order valence-electron chi connectivity index (χ2n) is 10.4. The van der Waals surface area contributed by atoms with Crippen molar-refractivity contribution in [1.82, 2.24) is 5.32 Å². The molecule has 43 heavy (non-hydrogen) atoms. The normalized spacial score (nSPS) is 21.3. The molecule has 1 aliphatic rings. The molecule has 1 aliphatic heterocycles. The highest BCUT2D eigenvalue weighted by atomic mass is 16.6. The van der Waals surface area contributed by atoms with Crippen molar-refractivity contribution in [2.24, 2.45) is 0 Å². The molecule has 0 spiro atoms. The van der Waals surface area contributed by atoms with Crippen LogP contribution < -0.4 is 5.32 Å². The van der Waals surface area contributed by atoms with Crippen LogP contribution >= 0.6 is 0 Å². The molecule has 9 nitrogen and oxygen atoms in total. The van der Waals surface area contributed by atoms with Crippen LogP contribution in [0.2, 0.25) is 0 Å². The molecule has 1 N–H and O–H groups in total. The van der Waals surface area contributed by atoms with E-state index in [2.05, 4.69) is 11.4 Å². The largest absolute Gasteiger partial charge is 0.459 e. The van der Waals surface area contributed by atoms with Crippen LogP contribution in [0.15, 0.2) is 90.6 Å². The van der Waals surface area contributed by atoms with Crippen molar-refractivity contribution in [3.8, 4) is 12.1 Å². The molecule has 4 rings (SSSR count). The van der Waals surface area contributed by atoms with Crippen LogP contribution in [0.5, 0.6) is 0 Å². The van der Waals surface area contributed by atoms with Crippen molar-refractivity contribution < 1.29 is 28.5 Å². The minimum atomic E-state index is -1.40. The number of rotatable bonds is 11. The van der Waals surface area contributed by atoms with Gasteiger partial charge in [-0.05, 0) is 50.6 Å². The number of hydrogen-bond acceptors (Lipinski definition) is 9. The van der Waals surface area contributed by atoms with Gasteiger partial charge < -0.3 is 24.3 Å². The summed E-state index contributed by atoms with van der Waals surface area (Å²) in [6, 6.07) is 27.3. The van der Waals surface area contributed by atoms with Crippen LogP contribution in [0.4, 0.5) is 0 Å². The number of hydrogen-bond donors (Lipinski definition) is 1. The van der Waals surface area contributed by atoms with Gasteiger partial charge in [-0.25, -0.2) is 9.59 Å². The van der Waals surface area contributed by atoms with Crippen molar-refractivity contribution in [3.63, 3.8) is 0 Å². The summed E-state index contributed by atoms with van der Waals surface area (Å²) in [4.78, 5) is 26.3. The number of nitrogens with one attached hydrogen (secondary N) is 1. The van der Waals surface area contributed by atoms with E-state index in [9.17, 15) is 14.9 Å². The number of ether oxygens (including phenoxy) is 4. The smallest absolute Gasteiger partial charge is 0.338 e. The molecule has 220 valence electrons. The maximum absolute atomic E-state index is 13.4. The molecule has 1 heterocycles. The molecular weight excluding hydrogens is 546 g/mol. The zero-order chi connectivity index (χ0) is 30.8. The summed E-state index contributed by atoms with van der Waals surface area (Å²) in [6.45, 7) is 5.33. The van der Waals surface area contributed by atoms with E-state index in [0.29, 0.717) is 11.1 Å². The highest BCUT2D eigenvalue weighted by Gasteiger charge is 2.59. The van der Waals surface area contributed by atoms with E-state index in [-0.39, 0.29) is 25.3 Å². The van der Waals surface area contributed by atoms with Crippen LogP contribution in [0.1, 0.15) is 44.3 Å². The Morgan fingerprint density at radius 3 is 2.12 bits per heavy atom. The van der Waals surface area contributed by atoms with E-state index in [1.165, 1.54) is 6.20 Å². The SMILES string of the molecule is Cc1ccc(C(=O)OCC2O[C@@H](/C(C#N)=C/NCC#N)[C@](C)(OCc3ccccc3)[C@@H]2OC(=O)c2ccc(C)cc2)cc1. The molecule has 0 aliphatic carbocycles. The predicted molar refractivity (Wildman–Crippen MR) is 157 cm³/mol. The van der Waals surface area contributed by atoms with Crippen LogP contribution in [0.25, 0.3) is 0 Å². The van der Waals surface area contributed by atoms with Crippen molar-refractivity contribution >= 4 is 11.9 Å². The van der Waals surface area contributed by atoms with Gasteiger partial charge in [0.05, 0.1) is 35.4 Å². The molecule has 0 amide bonds. The fourth-order valence-corrected chi connectivity index (χ4v) is 4.75. The first-order valence-electron chi connectivity index (χ1n) is 13.8. The Balaban J connectivity index is 1.69. The number of aryl methyl sites for hydroxylation is 2. The summed E-state index contributed by atoms with van der Waals surface area (Å²) < 4.78 is 24.5. The molecule has 1 saturated heterocycles. The monoisotopic (exact) mass is 579 g/mol. The Hall–Kier alpha value is -4.96. The lowest BCUT2D eigenvalue weighted by Gasteiger charge is -2.35. The van der Waals surface area contributed by atoms with E-state index >= 15 is 0 Å². The van der Waals surface area contributed by atoms with Gasteiger partial charge in [-0.2, -0.15) is 10.5 Å². The van der Waals surface area contributed by atoms with E-state index in [1.54, 1.807) is 55.5 Å². The first-order chi connectivity index (χ1) is 20.7. The van der Waals surface area contributed by atoms with E-state index in [4.69, 9.17) is 24.2 Å². The number of esters is 2. The number of carbonyl (C=O) groups excluding carboxylic acids is 2. The second-order valence-corrected chi connectivity index (χ2v) is 10.4. The zero-order valence-corrected chi connectivity index (χ0v) is 24.3. The van der Waals surface area contributed by atoms with Gasteiger partial charge in [0.15, 0.2) is 6.10 Å². The molecule has 9 heteroatoms. The third kappa shape index (κ3) is 7.66. The highest BCUT2D eigenvalue weighted by molar-refractivity contribution is 5.90.